The Kier molecular flexibility index (Phi) is 5.16. The fourth-order valence-electron chi connectivity index (χ4n) is 2.80. The number of imidazole rings is 1. The number of alkyl halides is 3. The Morgan fingerprint density at radius 3 is 2.60 bits per heavy atom. The van der Waals surface area contributed by atoms with Crippen molar-refractivity contribution in [3.05, 3.63) is 35.3 Å². The molecule has 0 aliphatic carbocycles. The third-order valence-electron chi connectivity index (χ3n) is 4.38. The predicted molar refractivity (Wildman–Crippen MR) is 101 cm³/mol. The molecule has 0 saturated heterocycles. The lowest BCUT2D eigenvalue weighted by Gasteiger charge is -2.14. The van der Waals surface area contributed by atoms with Gasteiger partial charge in [-0.3, -0.25) is 10.4 Å². The number of fused-ring (bicyclic) bond motifs is 1. The molecule has 3 rings (SSSR count). The normalized spacial score (nSPS) is 12.3. The number of aromatic nitrogens is 4. The zero-order chi connectivity index (χ0) is 22.4. The molecule has 3 heterocycles. The first-order chi connectivity index (χ1) is 13.9. The molecular formula is C16H16F3N7O3S. The molecule has 0 saturated carbocycles. The van der Waals surface area contributed by atoms with Crippen molar-refractivity contribution in [2.75, 3.05) is 10.8 Å². The summed E-state index contributed by atoms with van der Waals surface area (Å²) in [7, 11) is -2.39. The third-order valence-corrected chi connectivity index (χ3v) is 6.14. The minimum absolute atomic E-state index is 0.0111. The average molecular weight is 443 g/mol. The summed E-state index contributed by atoms with van der Waals surface area (Å²) in [5, 5.41) is 19.9. The minimum Gasteiger partial charge on any atom is -0.618 e. The molecule has 0 amide bonds. The average Bonchev–Trinajstić information content (AvgIpc) is 3.01. The fraction of sp³-hybridized carbons (Fsp3) is 0.250. The largest absolute Gasteiger partial charge is 0.618 e. The van der Waals surface area contributed by atoms with Gasteiger partial charge in [0.25, 0.3) is 0 Å². The molecule has 3 N–H and O–H groups in total. The number of rotatable bonds is 5. The molecule has 0 aromatic carbocycles. The molecule has 0 bridgehead atoms. The number of nitrogens with one attached hydrogen (secondary N) is 1. The molecule has 160 valence electrons. The highest BCUT2D eigenvalue weighted by molar-refractivity contribution is 7.91. The monoisotopic (exact) mass is 443 g/mol. The van der Waals surface area contributed by atoms with Crippen LogP contribution in [-0.4, -0.2) is 35.0 Å². The molecule has 0 unspecified atom stereocenters. The molecule has 0 fully saturated rings. The molecule has 0 radical (unpaired) electrons. The van der Waals surface area contributed by atoms with Crippen LogP contribution in [0.2, 0.25) is 0 Å². The Morgan fingerprint density at radius 1 is 1.37 bits per heavy atom. The molecule has 0 spiro atoms. The second-order valence-electron chi connectivity index (χ2n) is 6.20. The second kappa shape index (κ2) is 7.21. The number of hydrogen-bond donors (Lipinski definition) is 2. The second-order valence-corrected chi connectivity index (χ2v) is 8.45. The number of hydrogen-bond acceptors (Lipinski definition) is 7. The van der Waals surface area contributed by atoms with Crippen LogP contribution in [0.1, 0.15) is 12.6 Å². The summed E-state index contributed by atoms with van der Waals surface area (Å²) < 4.78 is 65.2. The van der Waals surface area contributed by atoms with Crippen molar-refractivity contribution < 1.29 is 26.3 Å². The van der Waals surface area contributed by atoms with E-state index in [2.05, 4.69) is 9.97 Å². The van der Waals surface area contributed by atoms with Gasteiger partial charge < -0.3 is 9.77 Å². The van der Waals surface area contributed by atoms with Crippen LogP contribution in [0, 0.1) is 10.6 Å². The van der Waals surface area contributed by atoms with Gasteiger partial charge in [0, 0.05) is 13.1 Å². The van der Waals surface area contributed by atoms with Crippen LogP contribution in [0.3, 0.4) is 0 Å². The van der Waals surface area contributed by atoms with Gasteiger partial charge in [0.1, 0.15) is 28.9 Å². The summed E-state index contributed by atoms with van der Waals surface area (Å²) in [5.41, 5.74) is -1.76. The van der Waals surface area contributed by atoms with Crippen LogP contribution in [0.25, 0.3) is 22.6 Å². The van der Waals surface area contributed by atoms with E-state index >= 15 is 0 Å². The minimum atomic E-state index is -4.90. The number of aryl methyl sites for hydroxylation is 1. The maximum atomic E-state index is 13.1. The third kappa shape index (κ3) is 3.54. The summed E-state index contributed by atoms with van der Waals surface area (Å²) >= 11 is 0. The van der Waals surface area contributed by atoms with E-state index in [0.717, 1.165) is 11.3 Å². The molecule has 0 aliphatic rings. The Hall–Kier alpha value is -3.26. The van der Waals surface area contributed by atoms with Crippen LogP contribution >= 0.6 is 0 Å². The summed E-state index contributed by atoms with van der Waals surface area (Å²) in [6.07, 6.45) is -3.45. The van der Waals surface area contributed by atoms with Gasteiger partial charge in [0.2, 0.25) is 6.20 Å². The quantitative estimate of drug-likeness (QED) is 0.151. The SMILES string of the molecule is CCS(=O)(=O)c1ccc(N(N)C=N)nc1-c1nc2cc(C(F)(F)F)[n+]([O-])cc2n1C. The van der Waals surface area contributed by atoms with Crippen molar-refractivity contribution in [1.29, 1.82) is 5.41 Å². The molecule has 3 aromatic heterocycles. The van der Waals surface area contributed by atoms with Gasteiger partial charge in [-0.05, 0) is 12.1 Å². The van der Waals surface area contributed by atoms with E-state index in [4.69, 9.17) is 11.3 Å². The smallest absolute Gasteiger partial charge is 0.478 e. The lowest BCUT2D eigenvalue weighted by atomic mass is 10.3. The van der Waals surface area contributed by atoms with Gasteiger partial charge in [-0.2, -0.15) is 17.9 Å². The fourth-order valence-corrected chi connectivity index (χ4v) is 3.81. The maximum Gasteiger partial charge on any atom is 0.478 e. The first-order valence-electron chi connectivity index (χ1n) is 8.36. The number of sulfone groups is 1. The highest BCUT2D eigenvalue weighted by atomic mass is 32.2. The molecular weight excluding hydrogens is 427 g/mol. The Balaban J connectivity index is 2.36. The van der Waals surface area contributed by atoms with Gasteiger partial charge in [0.05, 0.1) is 10.6 Å². The van der Waals surface area contributed by atoms with Crippen LogP contribution in [0.15, 0.2) is 29.3 Å². The Morgan fingerprint density at radius 2 is 2.03 bits per heavy atom. The van der Waals surface area contributed by atoms with Crippen molar-refractivity contribution in [3.63, 3.8) is 0 Å². The number of nitrogens with two attached hydrogens (primary N) is 1. The van der Waals surface area contributed by atoms with E-state index in [1.54, 1.807) is 0 Å². The summed E-state index contributed by atoms with van der Waals surface area (Å²) in [6, 6.07) is 3.09. The van der Waals surface area contributed by atoms with Crippen molar-refractivity contribution in [2.45, 2.75) is 18.0 Å². The van der Waals surface area contributed by atoms with Crippen molar-refractivity contribution in [1.82, 2.24) is 14.5 Å². The zero-order valence-corrected chi connectivity index (χ0v) is 16.5. The van der Waals surface area contributed by atoms with E-state index in [0.29, 0.717) is 12.3 Å². The molecule has 10 nitrogen and oxygen atoms in total. The van der Waals surface area contributed by atoms with E-state index in [1.807, 2.05) is 0 Å². The van der Waals surface area contributed by atoms with E-state index in [-0.39, 0.29) is 43.7 Å². The number of anilines is 1. The highest BCUT2D eigenvalue weighted by Gasteiger charge is 2.40. The van der Waals surface area contributed by atoms with Crippen LogP contribution in [0.5, 0.6) is 0 Å². The lowest BCUT2D eigenvalue weighted by Crippen LogP contribution is -2.36. The number of hydrazine groups is 1. The highest BCUT2D eigenvalue weighted by Crippen LogP contribution is 2.32. The molecule has 14 heteroatoms. The van der Waals surface area contributed by atoms with E-state index in [9.17, 15) is 26.8 Å². The Bertz CT molecular complexity index is 1260. The summed E-state index contributed by atoms with van der Waals surface area (Å²) in [5.74, 6) is 5.28. The maximum absolute atomic E-state index is 13.1. The predicted octanol–water partition coefficient (Wildman–Crippen LogP) is 1.37. The van der Waals surface area contributed by atoms with Gasteiger partial charge in [0.15, 0.2) is 15.7 Å². The van der Waals surface area contributed by atoms with Crippen LogP contribution in [-0.2, 0) is 23.1 Å². The van der Waals surface area contributed by atoms with Crippen LogP contribution < -0.4 is 15.6 Å². The van der Waals surface area contributed by atoms with Gasteiger partial charge in [-0.1, -0.05) is 6.92 Å². The van der Waals surface area contributed by atoms with E-state index < -0.39 is 21.7 Å². The first-order valence-corrected chi connectivity index (χ1v) is 10.0. The zero-order valence-electron chi connectivity index (χ0n) is 15.7. The summed E-state index contributed by atoms with van der Waals surface area (Å²) in [4.78, 5) is 8.05. The topological polar surface area (TPSA) is 145 Å². The Labute approximate surface area is 168 Å². The molecule has 30 heavy (non-hydrogen) atoms. The molecule has 3 aromatic rings. The van der Waals surface area contributed by atoms with E-state index in [1.165, 1.54) is 30.7 Å². The van der Waals surface area contributed by atoms with Gasteiger partial charge >= 0.3 is 11.9 Å². The summed E-state index contributed by atoms with van der Waals surface area (Å²) in [6.45, 7) is 1.42. The standard InChI is InChI=1S/C16H16F3N7O3S/c1-3-30(28,29)11-4-5-13(25(21)8-20)23-14(11)15-22-9-6-12(16(17,18)19)26(27)7-10(9)24(15)2/h4-8,20H,3,21H2,1-2H3. The van der Waals surface area contributed by atoms with Crippen molar-refractivity contribution in [3.8, 4) is 11.5 Å². The van der Waals surface area contributed by atoms with Crippen molar-refractivity contribution >= 4 is 33.0 Å². The lowest BCUT2D eigenvalue weighted by molar-refractivity contribution is -0.627. The number of nitrogens with zero attached hydrogens (tertiary/aromatic N) is 5. The first kappa shape index (κ1) is 21.4. The van der Waals surface area contributed by atoms with Crippen molar-refractivity contribution in [2.24, 2.45) is 12.9 Å². The number of pyridine rings is 2. The molecule has 0 aliphatic heterocycles. The molecule has 0 atom stereocenters. The van der Waals surface area contributed by atoms with Crippen LogP contribution in [0.4, 0.5) is 19.0 Å². The number of halogens is 3. The van der Waals surface area contributed by atoms with Gasteiger partial charge in [-0.25, -0.2) is 24.2 Å². The van der Waals surface area contributed by atoms with Gasteiger partial charge in [-0.15, -0.1) is 0 Å².